The molecule has 5 atom stereocenters. The Hall–Kier alpha value is -2.82. The molecule has 0 spiro atoms. The third kappa shape index (κ3) is 8.02. The number of piperidine rings is 1. The minimum Gasteiger partial charge on any atom is -0.447 e. The fraction of sp³-hybridized carbons (Fsp3) is 0.677. The Kier molecular flexibility index (Phi) is 10.7. The van der Waals surface area contributed by atoms with E-state index >= 15 is 0 Å². The van der Waals surface area contributed by atoms with Crippen LogP contribution in [0, 0.1) is 11.8 Å². The molecule has 0 aromatic heterocycles. The number of nitrogens with zero attached hydrogens (tertiary/aromatic N) is 6. The SMILES string of the molecule is CC[C@@H]1C[C@H](N(Cc2cc(Cl)cc(C(F)(F)F)c2)C2=NCC(C3C=NN(C(C)C)C3)C=N2)C[C@H](CC)N1C(=O)OC(C)C. The van der Waals surface area contributed by atoms with Crippen molar-refractivity contribution in [3.63, 3.8) is 0 Å². The number of alkyl halides is 3. The highest BCUT2D eigenvalue weighted by Gasteiger charge is 2.41. The van der Waals surface area contributed by atoms with Crippen molar-refractivity contribution in [2.24, 2.45) is 26.9 Å². The molecule has 1 aromatic carbocycles. The van der Waals surface area contributed by atoms with E-state index in [4.69, 9.17) is 26.3 Å². The van der Waals surface area contributed by atoms with E-state index in [2.05, 4.69) is 24.0 Å². The highest BCUT2D eigenvalue weighted by atomic mass is 35.5. The molecule has 3 aliphatic heterocycles. The van der Waals surface area contributed by atoms with E-state index in [-0.39, 0.29) is 53.7 Å². The van der Waals surface area contributed by atoms with E-state index in [9.17, 15) is 18.0 Å². The summed E-state index contributed by atoms with van der Waals surface area (Å²) in [6.45, 7) is 13.4. The molecule has 0 bridgehead atoms. The maximum absolute atomic E-state index is 13.7. The summed E-state index contributed by atoms with van der Waals surface area (Å²) in [6, 6.07) is 3.66. The topological polar surface area (TPSA) is 73.1 Å². The van der Waals surface area contributed by atoms with Crippen molar-refractivity contribution in [2.45, 2.75) is 110 Å². The molecule has 4 rings (SSSR count). The first-order chi connectivity index (χ1) is 20.3. The van der Waals surface area contributed by atoms with Crippen LogP contribution >= 0.6 is 11.6 Å². The van der Waals surface area contributed by atoms with Gasteiger partial charge in [0.05, 0.1) is 18.2 Å². The van der Waals surface area contributed by atoms with E-state index < -0.39 is 11.7 Å². The van der Waals surface area contributed by atoms with Gasteiger partial charge in [0.25, 0.3) is 0 Å². The largest absolute Gasteiger partial charge is 0.447 e. The molecular weight excluding hydrogens is 581 g/mol. The molecule has 1 saturated heterocycles. The van der Waals surface area contributed by atoms with E-state index in [1.54, 1.807) is 6.07 Å². The maximum atomic E-state index is 13.7. The Balaban J connectivity index is 1.63. The Bertz CT molecular complexity index is 1210. The van der Waals surface area contributed by atoms with Gasteiger partial charge in [-0.3, -0.25) is 10.0 Å². The summed E-state index contributed by atoms with van der Waals surface area (Å²) in [6.07, 6.45) is 1.46. The van der Waals surface area contributed by atoms with Crippen LogP contribution in [0.1, 0.15) is 78.4 Å². The van der Waals surface area contributed by atoms with E-state index in [1.165, 1.54) is 0 Å². The lowest BCUT2D eigenvalue weighted by Gasteiger charge is -2.48. The quantitative estimate of drug-likeness (QED) is 0.309. The molecule has 0 N–H and O–H groups in total. The standard InChI is InChI=1S/C31H44ClF3N6O2/c1-7-26-12-28(13-27(8-2)41(26)30(42)43-20(5)6)39(17-21-9-24(31(33,34)35)11-25(32)10-21)29-36-14-22(15-37-29)23-16-38-40(18-23)19(3)4/h9-11,14,16,19-20,22-23,26-28H,7-8,12-13,15,17-18H2,1-6H3/t22?,23?,26-,27+,28+. The predicted molar refractivity (Wildman–Crippen MR) is 165 cm³/mol. The average molecular weight is 625 g/mol. The molecule has 8 nitrogen and oxygen atoms in total. The summed E-state index contributed by atoms with van der Waals surface area (Å²) in [7, 11) is 0. The van der Waals surface area contributed by atoms with Crippen molar-refractivity contribution in [3.8, 4) is 0 Å². The second kappa shape index (κ2) is 13.9. The van der Waals surface area contributed by atoms with Crippen LogP contribution in [-0.4, -0.2) is 82.7 Å². The number of amides is 1. The molecule has 1 aromatic rings. The lowest BCUT2D eigenvalue weighted by Crippen LogP contribution is -2.57. The van der Waals surface area contributed by atoms with Crippen molar-refractivity contribution in [1.82, 2.24) is 14.8 Å². The third-order valence-corrected chi connectivity index (χ3v) is 8.69. The van der Waals surface area contributed by atoms with Gasteiger partial charge in [0.1, 0.15) is 0 Å². The first-order valence-electron chi connectivity index (χ1n) is 15.3. The first-order valence-corrected chi connectivity index (χ1v) is 15.7. The van der Waals surface area contributed by atoms with Crippen LogP contribution in [0.4, 0.5) is 18.0 Å². The van der Waals surface area contributed by atoms with Crippen LogP contribution in [0.3, 0.4) is 0 Å². The number of ether oxygens (including phenoxy) is 1. The summed E-state index contributed by atoms with van der Waals surface area (Å²) < 4.78 is 46.6. The fourth-order valence-corrected chi connectivity index (χ4v) is 6.43. The Morgan fingerprint density at radius 2 is 1.74 bits per heavy atom. The lowest BCUT2D eigenvalue weighted by molar-refractivity contribution is -0.137. The van der Waals surface area contributed by atoms with Crippen molar-refractivity contribution in [2.75, 3.05) is 13.1 Å². The van der Waals surface area contributed by atoms with Crippen LogP contribution < -0.4 is 0 Å². The Morgan fingerprint density at radius 3 is 2.26 bits per heavy atom. The number of benzene rings is 1. The highest BCUT2D eigenvalue weighted by molar-refractivity contribution is 6.30. The molecule has 3 heterocycles. The minimum absolute atomic E-state index is 0.0262. The molecule has 0 radical (unpaired) electrons. The molecular formula is C31H44ClF3N6O2. The second-order valence-electron chi connectivity index (χ2n) is 12.3. The molecule has 12 heteroatoms. The number of rotatable bonds is 8. The van der Waals surface area contributed by atoms with Crippen molar-refractivity contribution in [3.05, 3.63) is 34.3 Å². The van der Waals surface area contributed by atoms with Gasteiger partial charge in [-0.1, -0.05) is 25.4 Å². The monoisotopic (exact) mass is 624 g/mol. The number of hydrazone groups is 1. The average Bonchev–Trinajstić information content (AvgIpc) is 3.45. The van der Waals surface area contributed by atoms with Gasteiger partial charge in [-0.15, -0.1) is 0 Å². The minimum atomic E-state index is -4.52. The van der Waals surface area contributed by atoms with Crippen LogP contribution in [0.2, 0.25) is 5.02 Å². The van der Waals surface area contributed by atoms with Crippen LogP contribution in [0.25, 0.3) is 0 Å². The third-order valence-electron chi connectivity index (χ3n) is 8.48. The Morgan fingerprint density at radius 1 is 1.07 bits per heavy atom. The molecule has 0 saturated carbocycles. The zero-order valence-corrected chi connectivity index (χ0v) is 26.6. The van der Waals surface area contributed by atoms with Crippen molar-refractivity contribution < 1.29 is 22.7 Å². The molecule has 1 amide bonds. The predicted octanol–water partition coefficient (Wildman–Crippen LogP) is 7.11. The molecule has 43 heavy (non-hydrogen) atoms. The van der Waals surface area contributed by atoms with Gasteiger partial charge in [0, 0.05) is 66.5 Å². The first kappa shape index (κ1) is 33.1. The number of halogens is 4. The summed E-state index contributed by atoms with van der Waals surface area (Å²) >= 11 is 6.17. The number of likely N-dealkylation sites (tertiary alicyclic amines) is 1. The van der Waals surface area contributed by atoms with Crippen LogP contribution in [-0.2, 0) is 17.5 Å². The lowest BCUT2D eigenvalue weighted by atomic mass is 9.87. The smallest absolute Gasteiger partial charge is 0.416 e. The van der Waals surface area contributed by atoms with Crippen LogP contribution in [0.5, 0.6) is 0 Å². The van der Waals surface area contributed by atoms with E-state index in [0.717, 1.165) is 18.7 Å². The van der Waals surface area contributed by atoms with Gasteiger partial charge in [0.15, 0.2) is 0 Å². The molecule has 238 valence electrons. The van der Waals surface area contributed by atoms with E-state index in [1.807, 2.05) is 49.9 Å². The molecule has 0 aliphatic carbocycles. The zero-order valence-electron chi connectivity index (χ0n) is 25.9. The number of carbonyl (C=O) groups is 1. The van der Waals surface area contributed by atoms with Crippen molar-refractivity contribution >= 4 is 36.1 Å². The van der Waals surface area contributed by atoms with Gasteiger partial charge < -0.3 is 14.5 Å². The maximum Gasteiger partial charge on any atom is 0.416 e. The summed E-state index contributed by atoms with van der Waals surface area (Å²) in [5.41, 5.74) is -0.360. The van der Waals surface area contributed by atoms with Gasteiger partial charge in [-0.2, -0.15) is 18.3 Å². The number of hydrogen-bond donors (Lipinski definition) is 0. The fourth-order valence-electron chi connectivity index (χ4n) is 6.18. The van der Waals surface area contributed by atoms with Gasteiger partial charge in [0.2, 0.25) is 5.96 Å². The summed E-state index contributed by atoms with van der Waals surface area (Å²) in [5.74, 6) is 0.769. The number of carbonyl (C=O) groups excluding carboxylic acids is 1. The number of guanidine groups is 1. The number of hydrogen-bond acceptors (Lipinski definition) is 7. The summed E-state index contributed by atoms with van der Waals surface area (Å²) in [4.78, 5) is 26.7. The Labute approximate surface area is 258 Å². The van der Waals surface area contributed by atoms with Crippen LogP contribution in [0.15, 0.2) is 33.3 Å². The molecule has 3 aliphatic rings. The van der Waals surface area contributed by atoms with Gasteiger partial charge >= 0.3 is 12.3 Å². The van der Waals surface area contributed by atoms with Crippen molar-refractivity contribution in [1.29, 1.82) is 0 Å². The van der Waals surface area contributed by atoms with Gasteiger partial charge in [-0.05, 0) is 77.1 Å². The number of aliphatic imine (C=N–C) groups is 2. The van der Waals surface area contributed by atoms with Gasteiger partial charge in [-0.25, -0.2) is 9.79 Å². The molecule has 1 fully saturated rings. The normalized spacial score (nSPS) is 26.0. The van der Waals surface area contributed by atoms with E-state index in [0.29, 0.717) is 49.8 Å². The summed E-state index contributed by atoms with van der Waals surface area (Å²) in [5, 5.41) is 6.60. The zero-order chi connectivity index (χ0) is 31.5. The highest BCUT2D eigenvalue weighted by Crippen LogP contribution is 2.35. The molecule has 2 unspecified atom stereocenters. The second-order valence-corrected chi connectivity index (χ2v) is 12.7.